The molecule has 1 aromatic carbocycles. The Bertz CT molecular complexity index is 371. The number of hydrogen-bond acceptors (Lipinski definition) is 5. The van der Waals surface area contributed by atoms with Crippen LogP contribution < -0.4 is 10.5 Å². The van der Waals surface area contributed by atoms with E-state index < -0.39 is 0 Å². The standard InChI is InChI=1S/C8H7N3OS/c9-6-1-3-7(4-2-6)12-8-5-13-11-10-8/h1-5H,9H2. The summed E-state index contributed by atoms with van der Waals surface area (Å²) in [6, 6.07) is 7.12. The molecule has 13 heavy (non-hydrogen) atoms. The molecule has 2 aromatic rings. The average molecular weight is 193 g/mol. The first kappa shape index (κ1) is 8.00. The van der Waals surface area contributed by atoms with Crippen LogP contribution in [0.3, 0.4) is 0 Å². The summed E-state index contributed by atoms with van der Waals surface area (Å²) in [6.45, 7) is 0. The van der Waals surface area contributed by atoms with E-state index in [1.165, 1.54) is 11.5 Å². The number of nitrogens with zero attached hydrogens (tertiary/aromatic N) is 2. The molecule has 4 nitrogen and oxygen atoms in total. The van der Waals surface area contributed by atoms with E-state index in [1.54, 1.807) is 29.6 Å². The van der Waals surface area contributed by atoms with Crippen LogP contribution in [-0.2, 0) is 0 Å². The molecule has 0 aliphatic rings. The van der Waals surface area contributed by atoms with Gasteiger partial charge in [0.15, 0.2) is 0 Å². The van der Waals surface area contributed by atoms with Gasteiger partial charge >= 0.3 is 0 Å². The molecule has 2 N–H and O–H groups in total. The minimum absolute atomic E-state index is 0.509. The van der Waals surface area contributed by atoms with Crippen LogP contribution in [0.1, 0.15) is 0 Å². The lowest BCUT2D eigenvalue weighted by Crippen LogP contribution is -1.86. The molecule has 0 aliphatic heterocycles. The Morgan fingerprint density at radius 2 is 2.00 bits per heavy atom. The molecule has 5 heteroatoms. The molecule has 0 saturated carbocycles. The topological polar surface area (TPSA) is 61.0 Å². The van der Waals surface area contributed by atoms with Gasteiger partial charge in [0.2, 0.25) is 0 Å². The largest absolute Gasteiger partial charge is 0.437 e. The lowest BCUT2D eigenvalue weighted by atomic mass is 10.3. The van der Waals surface area contributed by atoms with Gasteiger partial charge in [-0.25, -0.2) is 0 Å². The molecule has 0 bridgehead atoms. The first-order chi connectivity index (χ1) is 6.34. The van der Waals surface area contributed by atoms with Crippen LogP contribution >= 0.6 is 11.5 Å². The molecule has 0 saturated heterocycles. The van der Waals surface area contributed by atoms with E-state index in [4.69, 9.17) is 10.5 Å². The third-order valence-corrected chi connectivity index (χ3v) is 1.93. The third-order valence-electron chi connectivity index (χ3n) is 1.44. The van der Waals surface area contributed by atoms with Gasteiger partial charge in [0.25, 0.3) is 5.88 Å². The van der Waals surface area contributed by atoms with Gasteiger partial charge < -0.3 is 10.5 Å². The number of rotatable bonds is 2. The van der Waals surface area contributed by atoms with Crippen molar-refractivity contribution in [3.63, 3.8) is 0 Å². The van der Waals surface area contributed by atoms with E-state index in [9.17, 15) is 0 Å². The quantitative estimate of drug-likeness (QED) is 0.740. The Kier molecular flexibility index (Phi) is 2.09. The second-order valence-electron chi connectivity index (χ2n) is 2.41. The van der Waals surface area contributed by atoms with Crippen molar-refractivity contribution < 1.29 is 4.74 Å². The maximum atomic E-state index is 5.52. The predicted octanol–water partition coefficient (Wildman–Crippen LogP) is 1.91. The molecule has 66 valence electrons. The van der Waals surface area contributed by atoms with Crippen molar-refractivity contribution in [1.29, 1.82) is 0 Å². The number of nitrogen functional groups attached to an aromatic ring is 1. The summed E-state index contributed by atoms with van der Waals surface area (Å²) >= 11 is 1.25. The van der Waals surface area contributed by atoms with Gasteiger partial charge in [-0.15, -0.1) is 0 Å². The van der Waals surface area contributed by atoms with Crippen molar-refractivity contribution in [2.24, 2.45) is 0 Å². The first-order valence-electron chi connectivity index (χ1n) is 3.65. The monoisotopic (exact) mass is 193 g/mol. The zero-order valence-electron chi connectivity index (χ0n) is 6.68. The number of nitrogens with two attached hydrogens (primary N) is 1. The Balaban J connectivity index is 2.15. The molecular weight excluding hydrogens is 186 g/mol. The van der Waals surface area contributed by atoms with Gasteiger partial charge in [0.05, 0.1) is 5.38 Å². The van der Waals surface area contributed by atoms with Crippen LogP contribution in [0.5, 0.6) is 11.6 Å². The zero-order chi connectivity index (χ0) is 9.10. The van der Waals surface area contributed by atoms with Crippen LogP contribution in [0.2, 0.25) is 0 Å². The molecule has 1 heterocycles. The Hall–Kier alpha value is -1.62. The highest BCUT2D eigenvalue weighted by Crippen LogP contribution is 2.20. The third kappa shape index (κ3) is 1.94. The molecule has 0 radical (unpaired) electrons. The zero-order valence-corrected chi connectivity index (χ0v) is 7.49. The lowest BCUT2D eigenvalue weighted by molar-refractivity contribution is 0.461. The van der Waals surface area contributed by atoms with Gasteiger partial charge in [0, 0.05) is 5.69 Å². The van der Waals surface area contributed by atoms with Crippen molar-refractivity contribution in [2.75, 3.05) is 5.73 Å². The fraction of sp³-hybridized carbons (Fsp3) is 0. The maximum absolute atomic E-state index is 5.52. The Morgan fingerprint density at radius 3 is 2.62 bits per heavy atom. The van der Waals surface area contributed by atoms with E-state index in [0.717, 1.165) is 0 Å². The molecule has 1 aromatic heterocycles. The first-order valence-corrected chi connectivity index (χ1v) is 4.49. The van der Waals surface area contributed by atoms with Crippen LogP contribution in [0.15, 0.2) is 29.6 Å². The lowest BCUT2D eigenvalue weighted by Gasteiger charge is -2.00. The van der Waals surface area contributed by atoms with Crippen LogP contribution in [0.4, 0.5) is 5.69 Å². The van der Waals surface area contributed by atoms with Crippen molar-refractivity contribution in [3.05, 3.63) is 29.6 Å². The van der Waals surface area contributed by atoms with Crippen LogP contribution in [0, 0.1) is 0 Å². The fourth-order valence-corrected chi connectivity index (χ4v) is 1.22. The molecule has 0 fully saturated rings. The van der Waals surface area contributed by atoms with E-state index >= 15 is 0 Å². The minimum Gasteiger partial charge on any atom is -0.437 e. The number of hydrogen-bond donors (Lipinski definition) is 1. The van der Waals surface area contributed by atoms with Gasteiger partial charge in [-0.05, 0) is 35.8 Å². The van der Waals surface area contributed by atoms with Crippen LogP contribution in [0.25, 0.3) is 0 Å². The van der Waals surface area contributed by atoms with E-state index in [1.807, 2.05) is 0 Å². The van der Waals surface area contributed by atoms with E-state index in [-0.39, 0.29) is 0 Å². The number of benzene rings is 1. The van der Waals surface area contributed by atoms with Crippen molar-refractivity contribution >= 4 is 17.2 Å². The molecule has 0 unspecified atom stereocenters. The normalized spacial score (nSPS) is 9.85. The fourth-order valence-electron chi connectivity index (χ4n) is 0.857. The highest BCUT2D eigenvalue weighted by Gasteiger charge is 1.98. The molecule has 0 aliphatic carbocycles. The number of aromatic nitrogens is 2. The number of anilines is 1. The summed E-state index contributed by atoms with van der Waals surface area (Å²) in [5, 5.41) is 5.48. The maximum Gasteiger partial charge on any atom is 0.251 e. The summed E-state index contributed by atoms with van der Waals surface area (Å²) in [5.74, 6) is 1.22. The average Bonchev–Trinajstić information content (AvgIpc) is 2.62. The van der Waals surface area contributed by atoms with Crippen molar-refractivity contribution in [3.8, 4) is 11.6 Å². The Morgan fingerprint density at radius 1 is 1.23 bits per heavy atom. The molecule has 0 spiro atoms. The highest BCUT2D eigenvalue weighted by molar-refractivity contribution is 7.03. The molecule has 0 amide bonds. The summed E-state index contributed by atoms with van der Waals surface area (Å²) in [7, 11) is 0. The summed E-state index contributed by atoms with van der Waals surface area (Å²) in [6.07, 6.45) is 0. The van der Waals surface area contributed by atoms with E-state index in [0.29, 0.717) is 17.3 Å². The molecule has 0 atom stereocenters. The van der Waals surface area contributed by atoms with Crippen LogP contribution in [-0.4, -0.2) is 9.59 Å². The SMILES string of the molecule is Nc1ccc(Oc2csnn2)cc1. The molecule has 2 rings (SSSR count). The second-order valence-corrected chi connectivity index (χ2v) is 3.02. The minimum atomic E-state index is 0.509. The predicted molar refractivity (Wildman–Crippen MR) is 50.8 cm³/mol. The highest BCUT2D eigenvalue weighted by atomic mass is 32.1. The van der Waals surface area contributed by atoms with E-state index in [2.05, 4.69) is 9.59 Å². The van der Waals surface area contributed by atoms with Gasteiger partial charge in [-0.1, -0.05) is 9.59 Å². The van der Waals surface area contributed by atoms with Gasteiger partial charge in [-0.3, -0.25) is 0 Å². The summed E-state index contributed by atoms with van der Waals surface area (Å²) in [5.41, 5.74) is 6.23. The summed E-state index contributed by atoms with van der Waals surface area (Å²) in [4.78, 5) is 0. The smallest absolute Gasteiger partial charge is 0.251 e. The Labute approximate surface area is 79.1 Å². The summed E-state index contributed by atoms with van der Waals surface area (Å²) < 4.78 is 9.03. The molecular formula is C8H7N3OS. The van der Waals surface area contributed by atoms with Gasteiger partial charge in [0.1, 0.15) is 5.75 Å². The number of ether oxygens (including phenoxy) is 1. The van der Waals surface area contributed by atoms with Crippen molar-refractivity contribution in [2.45, 2.75) is 0 Å². The van der Waals surface area contributed by atoms with Gasteiger partial charge in [-0.2, -0.15) is 0 Å². The van der Waals surface area contributed by atoms with Crippen molar-refractivity contribution in [1.82, 2.24) is 9.59 Å². The second kappa shape index (κ2) is 3.40.